The maximum absolute atomic E-state index is 10.5. The standard InChI is InChI=1S/C16H16O3/c17-16(18)10-11-19-15-9-5-4-8-14(15)12-13-6-2-1-3-7-13/h1-9H,10-12H2,(H,17,18). The van der Waals surface area contributed by atoms with Crippen LogP contribution in [0.25, 0.3) is 0 Å². The first kappa shape index (κ1) is 13.1. The molecule has 0 spiro atoms. The lowest BCUT2D eigenvalue weighted by Gasteiger charge is -2.10. The first-order chi connectivity index (χ1) is 9.25. The van der Waals surface area contributed by atoms with Crippen LogP contribution in [0.3, 0.4) is 0 Å². The third-order valence-corrected chi connectivity index (χ3v) is 2.78. The molecule has 0 amide bonds. The molecule has 3 nitrogen and oxygen atoms in total. The summed E-state index contributed by atoms with van der Waals surface area (Å²) in [4.78, 5) is 10.5. The fourth-order valence-corrected chi connectivity index (χ4v) is 1.85. The summed E-state index contributed by atoms with van der Waals surface area (Å²) in [7, 11) is 0. The first-order valence-electron chi connectivity index (χ1n) is 6.22. The molecule has 0 aromatic heterocycles. The summed E-state index contributed by atoms with van der Waals surface area (Å²) in [5.74, 6) is -0.0897. The Kier molecular flexibility index (Phi) is 4.56. The second-order valence-corrected chi connectivity index (χ2v) is 4.26. The van der Waals surface area contributed by atoms with Gasteiger partial charge in [-0.2, -0.15) is 0 Å². The second kappa shape index (κ2) is 6.59. The number of aliphatic carboxylic acids is 1. The van der Waals surface area contributed by atoms with Crippen molar-refractivity contribution in [3.63, 3.8) is 0 Å². The summed E-state index contributed by atoms with van der Waals surface area (Å²) in [5.41, 5.74) is 2.27. The average Bonchev–Trinajstić information content (AvgIpc) is 2.41. The quantitative estimate of drug-likeness (QED) is 0.863. The average molecular weight is 256 g/mol. The molecule has 0 aliphatic carbocycles. The Morgan fingerprint density at radius 2 is 1.68 bits per heavy atom. The van der Waals surface area contributed by atoms with Gasteiger partial charge in [0, 0.05) is 6.42 Å². The number of ether oxygens (including phenoxy) is 1. The van der Waals surface area contributed by atoms with E-state index in [9.17, 15) is 4.79 Å². The van der Waals surface area contributed by atoms with Gasteiger partial charge < -0.3 is 9.84 Å². The first-order valence-corrected chi connectivity index (χ1v) is 6.22. The number of carbonyl (C=O) groups is 1. The Bertz CT molecular complexity index is 535. The van der Waals surface area contributed by atoms with Crippen LogP contribution in [-0.2, 0) is 11.2 Å². The van der Waals surface area contributed by atoms with E-state index < -0.39 is 5.97 Å². The van der Waals surface area contributed by atoms with Crippen LogP contribution in [-0.4, -0.2) is 17.7 Å². The highest BCUT2D eigenvalue weighted by atomic mass is 16.5. The predicted molar refractivity (Wildman–Crippen MR) is 73.4 cm³/mol. The molecular weight excluding hydrogens is 240 g/mol. The van der Waals surface area contributed by atoms with Gasteiger partial charge >= 0.3 is 5.97 Å². The van der Waals surface area contributed by atoms with Gasteiger partial charge in [0.05, 0.1) is 13.0 Å². The molecular formula is C16H16O3. The fourth-order valence-electron chi connectivity index (χ4n) is 1.85. The van der Waals surface area contributed by atoms with E-state index in [1.807, 2.05) is 42.5 Å². The summed E-state index contributed by atoms with van der Waals surface area (Å²) in [5, 5.41) is 8.62. The molecule has 3 heteroatoms. The van der Waals surface area contributed by atoms with E-state index in [0.717, 1.165) is 17.7 Å². The van der Waals surface area contributed by atoms with Crippen LogP contribution in [0.1, 0.15) is 17.5 Å². The lowest BCUT2D eigenvalue weighted by Crippen LogP contribution is -2.06. The lowest BCUT2D eigenvalue weighted by molar-refractivity contribution is -0.137. The summed E-state index contributed by atoms with van der Waals surface area (Å²) < 4.78 is 5.54. The van der Waals surface area contributed by atoms with E-state index in [0.29, 0.717) is 0 Å². The maximum Gasteiger partial charge on any atom is 0.306 e. The molecule has 2 aromatic carbocycles. The third kappa shape index (κ3) is 4.14. The van der Waals surface area contributed by atoms with Gasteiger partial charge in [0.1, 0.15) is 5.75 Å². The second-order valence-electron chi connectivity index (χ2n) is 4.26. The van der Waals surface area contributed by atoms with Crippen molar-refractivity contribution in [3.8, 4) is 5.75 Å². The largest absolute Gasteiger partial charge is 0.493 e. The molecule has 0 aliphatic heterocycles. The number of para-hydroxylation sites is 1. The van der Waals surface area contributed by atoms with Crippen LogP contribution in [0.4, 0.5) is 0 Å². The highest BCUT2D eigenvalue weighted by molar-refractivity contribution is 5.66. The molecule has 2 rings (SSSR count). The highest BCUT2D eigenvalue weighted by Crippen LogP contribution is 2.21. The number of carboxylic acids is 1. The summed E-state index contributed by atoms with van der Waals surface area (Å²) in [6.45, 7) is 0.196. The van der Waals surface area contributed by atoms with Gasteiger partial charge in [0.25, 0.3) is 0 Å². The lowest BCUT2D eigenvalue weighted by atomic mass is 10.0. The van der Waals surface area contributed by atoms with Gasteiger partial charge in [-0.1, -0.05) is 48.5 Å². The van der Waals surface area contributed by atoms with E-state index in [1.165, 1.54) is 5.56 Å². The Morgan fingerprint density at radius 1 is 1.00 bits per heavy atom. The van der Waals surface area contributed by atoms with Crippen molar-refractivity contribution < 1.29 is 14.6 Å². The summed E-state index contributed by atoms with van der Waals surface area (Å²) in [6.07, 6.45) is 0.795. The fraction of sp³-hybridized carbons (Fsp3) is 0.188. The Morgan fingerprint density at radius 3 is 2.42 bits per heavy atom. The van der Waals surface area contributed by atoms with Crippen LogP contribution in [0.2, 0.25) is 0 Å². The highest BCUT2D eigenvalue weighted by Gasteiger charge is 2.05. The van der Waals surface area contributed by atoms with Gasteiger partial charge in [0.15, 0.2) is 0 Å². The molecule has 0 radical (unpaired) electrons. The number of rotatable bonds is 6. The van der Waals surface area contributed by atoms with Crippen LogP contribution in [0, 0.1) is 0 Å². The zero-order valence-corrected chi connectivity index (χ0v) is 10.6. The number of hydrogen-bond acceptors (Lipinski definition) is 2. The SMILES string of the molecule is O=C(O)CCOc1ccccc1Cc1ccccc1. The van der Waals surface area contributed by atoms with E-state index in [2.05, 4.69) is 12.1 Å². The smallest absolute Gasteiger partial charge is 0.306 e. The minimum absolute atomic E-state index is 0.0136. The normalized spacial score (nSPS) is 10.1. The Balaban J connectivity index is 2.06. The van der Waals surface area contributed by atoms with Crippen molar-refractivity contribution in [1.29, 1.82) is 0 Å². The molecule has 0 unspecified atom stereocenters. The van der Waals surface area contributed by atoms with Crippen molar-refractivity contribution >= 4 is 5.97 Å². The van der Waals surface area contributed by atoms with Crippen molar-refractivity contribution in [2.75, 3.05) is 6.61 Å². The minimum Gasteiger partial charge on any atom is -0.493 e. The monoisotopic (exact) mass is 256 g/mol. The topological polar surface area (TPSA) is 46.5 Å². The van der Waals surface area contributed by atoms with Crippen molar-refractivity contribution in [3.05, 3.63) is 65.7 Å². The molecule has 0 bridgehead atoms. The Labute approximate surface area is 112 Å². The van der Waals surface area contributed by atoms with Gasteiger partial charge in [-0.15, -0.1) is 0 Å². The van der Waals surface area contributed by atoms with Gasteiger partial charge in [-0.05, 0) is 17.2 Å². The van der Waals surface area contributed by atoms with Gasteiger partial charge in [-0.25, -0.2) is 0 Å². The minimum atomic E-state index is -0.847. The zero-order chi connectivity index (χ0) is 13.5. The molecule has 0 atom stereocenters. The third-order valence-electron chi connectivity index (χ3n) is 2.78. The van der Waals surface area contributed by atoms with Crippen LogP contribution in [0.15, 0.2) is 54.6 Å². The van der Waals surface area contributed by atoms with Crippen LogP contribution < -0.4 is 4.74 Å². The predicted octanol–water partition coefficient (Wildman–Crippen LogP) is 3.13. The van der Waals surface area contributed by atoms with Gasteiger partial charge in [-0.3, -0.25) is 4.79 Å². The van der Waals surface area contributed by atoms with Crippen LogP contribution >= 0.6 is 0 Å². The van der Waals surface area contributed by atoms with Crippen molar-refractivity contribution in [2.24, 2.45) is 0 Å². The molecule has 0 fully saturated rings. The number of benzene rings is 2. The molecule has 0 saturated heterocycles. The van der Waals surface area contributed by atoms with Crippen molar-refractivity contribution in [1.82, 2.24) is 0 Å². The van der Waals surface area contributed by atoms with E-state index >= 15 is 0 Å². The van der Waals surface area contributed by atoms with Gasteiger partial charge in [0.2, 0.25) is 0 Å². The molecule has 0 heterocycles. The van der Waals surface area contributed by atoms with Crippen molar-refractivity contribution in [2.45, 2.75) is 12.8 Å². The van der Waals surface area contributed by atoms with E-state index in [4.69, 9.17) is 9.84 Å². The number of carboxylic acid groups (broad SMARTS) is 1. The molecule has 0 saturated carbocycles. The molecule has 19 heavy (non-hydrogen) atoms. The van der Waals surface area contributed by atoms with E-state index in [1.54, 1.807) is 0 Å². The van der Waals surface area contributed by atoms with E-state index in [-0.39, 0.29) is 13.0 Å². The maximum atomic E-state index is 10.5. The molecule has 1 N–H and O–H groups in total. The molecule has 0 aliphatic rings. The molecule has 98 valence electrons. The molecule has 2 aromatic rings. The van der Waals surface area contributed by atoms with Crippen LogP contribution in [0.5, 0.6) is 5.75 Å². The Hall–Kier alpha value is -2.29. The summed E-state index contributed by atoms with van der Waals surface area (Å²) in [6, 6.07) is 17.9. The zero-order valence-electron chi connectivity index (χ0n) is 10.6. The number of hydrogen-bond donors (Lipinski definition) is 1. The summed E-state index contributed by atoms with van der Waals surface area (Å²) >= 11 is 0.